The zero-order valence-corrected chi connectivity index (χ0v) is 11.1. The third-order valence-electron chi connectivity index (χ3n) is 3.41. The van der Waals surface area contributed by atoms with Gasteiger partial charge in [-0.2, -0.15) is 5.10 Å². The Balaban J connectivity index is 2.11. The van der Waals surface area contributed by atoms with Crippen molar-refractivity contribution in [3.05, 3.63) is 12.4 Å². The maximum Gasteiger partial charge on any atom is 0.243 e. The molecule has 0 spiro atoms. The zero-order chi connectivity index (χ0) is 12.5. The summed E-state index contributed by atoms with van der Waals surface area (Å²) in [6.45, 7) is 2.11. The fraction of sp³-hybridized carbons (Fsp3) is 0.727. The van der Waals surface area contributed by atoms with Crippen molar-refractivity contribution < 1.29 is 8.42 Å². The number of hydrogen-bond acceptors (Lipinski definition) is 3. The summed E-state index contributed by atoms with van der Waals surface area (Å²) in [5.74, 6) is 0.412. The lowest BCUT2D eigenvalue weighted by atomic mass is 9.87. The number of rotatable bonds is 3. The fourth-order valence-electron chi connectivity index (χ4n) is 2.30. The molecule has 1 fully saturated rings. The molecule has 0 radical (unpaired) electrons. The first-order chi connectivity index (χ1) is 7.99. The van der Waals surface area contributed by atoms with Gasteiger partial charge in [-0.25, -0.2) is 13.1 Å². The second-order valence-electron chi connectivity index (χ2n) is 4.84. The highest BCUT2D eigenvalue weighted by Crippen LogP contribution is 2.25. The molecule has 6 heteroatoms. The van der Waals surface area contributed by atoms with Gasteiger partial charge in [0.15, 0.2) is 0 Å². The summed E-state index contributed by atoms with van der Waals surface area (Å²) in [4.78, 5) is 0.248. The van der Waals surface area contributed by atoms with Crippen LogP contribution >= 0.6 is 0 Å². The van der Waals surface area contributed by atoms with Crippen LogP contribution in [0.4, 0.5) is 0 Å². The summed E-state index contributed by atoms with van der Waals surface area (Å²) in [5, 5.41) is 3.89. The van der Waals surface area contributed by atoms with Crippen molar-refractivity contribution in [3.8, 4) is 0 Å². The zero-order valence-electron chi connectivity index (χ0n) is 10.3. The van der Waals surface area contributed by atoms with E-state index < -0.39 is 10.0 Å². The summed E-state index contributed by atoms with van der Waals surface area (Å²) in [6, 6.07) is 0.0638. The molecule has 2 rings (SSSR count). The topological polar surface area (TPSA) is 64.0 Å². The minimum absolute atomic E-state index is 0.0638. The predicted octanol–water partition coefficient (Wildman–Crippen LogP) is 1.28. The largest absolute Gasteiger partial charge is 0.274 e. The predicted molar refractivity (Wildman–Crippen MR) is 64.9 cm³/mol. The Hall–Kier alpha value is -0.880. The third-order valence-corrected chi connectivity index (χ3v) is 4.85. The van der Waals surface area contributed by atoms with Crippen molar-refractivity contribution in [2.45, 2.75) is 43.5 Å². The quantitative estimate of drug-likeness (QED) is 0.887. The van der Waals surface area contributed by atoms with Crippen molar-refractivity contribution in [2.75, 3.05) is 0 Å². The lowest BCUT2D eigenvalue weighted by molar-refractivity contribution is 0.310. The van der Waals surface area contributed by atoms with Crippen molar-refractivity contribution in [2.24, 2.45) is 13.0 Å². The molecular formula is C11H19N3O2S. The van der Waals surface area contributed by atoms with Gasteiger partial charge in [-0.1, -0.05) is 19.8 Å². The number of nitrogens with zero attached hydrogens (tertiary/aromatic N) is 2. The van der Waals surface area contributed by atoms with E-state index in [4.69, 9.17) is 0 Å². The summed E-state index contributed by atoms with van der Waals surface area (Å²) < 4.78 is 28.5. The molecule has 0 aliphatic heterocycles. The van der Waals surface area contributed by atoms with E-state index in [0.717, 1.165) is 19.3 Å². The van der Waals surface area contributed by atoms with Crippen molar-refractivity contribution in [3.63, 3.8) is 0 Å². The van der Waals surface area contributed by atoms with Crippen LogP contribution in [0.3, 0.4) is 0 Å². The molecule has 1 aromatic heterocycles. The van der Waals surface area contributed by atoms with Crippen LogP contribution in [0.25, 0.3) is 0 Å². The van der Waals surface area contributed by atoms with Gasteiger partial charge in [0.05, 0.1) is 6.20 Å². The lowest BCUT2D eigenvalue weighted by Crippen LogP contribution is -2.40. The standard InChI is InChI=1S/C11H19N3O2S/c1-9-5-3-4-6-11(9)13-17(15,16)10-7-12-14(2)8-10/h7-9,11,13H,3-6H2,1-2H3/t9-,11-/m0/s1. The summed E-state index contributed by atoms with van der Waals surface area (Å²) >= 11 is 0. The summed E-state index contributed by atoms with van der Waals surface area (Å²) in [5.41, 5.74) is 0. The van der Waals surface area contributed by atoms with Gasteiger partial charge >= 0.3 is 0 Å². The summed E-state index contributed by atoms with van der Waals surface area (Å²) in [6.07, 6.45) is 7.24. The Morgan fingerprint density at radius 1 is 1.41 bits per heavy atom. The molecule has 1 aromatic rings. The smallest absolute Gasteiger partial charge is 0.243 e. The van der Waals surface area contributed by atoms with Gasteiger partial charge in [-0.05, 0) is 18.8 Å². The first-order valence-electron chi connectivity index (χ1n) is 6.00. The second-order valence-corrected chi connectivity index (χ2v) is 6.55. The van der Waals surface area contributed by atoms with Crippen LogP contribution in [0.5, 0.6) is 0 Å². The van der Waals surface area contributed by atoms with Gasteiger partial charge in [-0.15, -0.1) is 0 Å². The minimum Gasteiger partial charge on any atom is -0.274 e. The van der Waals surface area contributed by atoms with Gasteiger partial charge < -0.3 is 0 Å². The van der Waals surface area contributed by atoms with E-state index in [0.29, 0.717) is 5.92 Å². The summed E-state index contributed by atoms with van der Waals surface area (Å²) in [7, 11) is -1.69. The molecule has 1 aliphatic carbocycles. The number of hydrogen-bond donors (Lipinski definition) is 1. The van der Waals surface area contributed by atoms with Gasteiger partial charge in [0, 0.05) is 19.3 Å². The number of nitrogens with one attached hydrogen (secondary N) is 1. The molecular weight excluding hydrogens is 238 g/mol. The maximum absolute atomic E-state index is 12.1. The van der Waals surface area contributed by atoms with Crippen LogP contribution in [0, 0.1) is 5.92 Å². The van der Waals surface area contributed by atoms with E-state index >= 15 is 0 Å². The third kappa shape index (κ3) is 2.87. The fourth-order valence-corrected chi connectivity index (χ4v) is 3.66. The number of aryl methyl sites for hydroxylation is 1. The Morgan fingerprint density at radius 2 is 2.12 bits per heavy atom. The van der Waals surface area contributed by atoms with Crippen molar-refractivity contribution in [1.29, 1.82) is 0 Å². The van der Waals surface area contributed by atoms with E-state index in [1.165, 1.54) is 23.5 Å². The average molecular weight is 257 g/mol. The van der Waals surface area contributed by atoms with E-state index in [1.54, 1.807) is 7.05 Å². The van der Waals surface area contributed by atoms with E-state index in [2.05, 4.69) is 16.7 Å². The van der Waals surface area contributed by atoms with Gasteiger partial charge in [-0.3, -0.25) is 4.68 Å². The van der Waals surface area contributed by atoms with Gasteiger partial charge in [0.25, 0.3) is 0 Å². The van der Waals surface area contributed by atoms with Crippen LogP contribution < -0.4 is 4.72 Å². The highest BCUT2D eigenvalue weighted by Gasteiger charge is 2.27. The highest BCUT2D eigenvalue weighted by atomic mass is 32.2. The molecule has 0 unspecified atom stereocenters. The second kappa shape index (κ2) is 4.78. The normalized spacial score (nSPS) is 26.0. The van der Waals surface area contributed by atoms with Crippen LogP contribution in [-0.4, -0.2) is 24.2 Å². The van der Waals surface area contributed by atoms with Crippen LogP contribution in [-0.2, 0) is 17.1 Å². The van der Waals surface area contributed by atoms with Gasteiger partial charge in [0.1, 0.15) is 4.90 Å². The van der Waals surface area contributed by atoms with Crippen LogP contribution in [0.2, 0.25) is 0 Å². The van der Waals surface area contributed by atoms with Crippen molar-refractivity contribution >= 4 is 10.0 Å². The molecule has 0 amide bonds. The number of aromatic nitrogens is 2. The first-order valence-corrected chi connectivity index (χ1v) is 7.48. The molecule has 1 N–H and O–H groups in total. The monoisotopic (exact) mass is 257 g/mol. The molecule has 1 aliphatic rings. The van der Waals surface area contributed by atoms with Crippen LogP contribution in [0.15, 0.2) is 17.3 Å². The SMILES string of the molecule is C[C@H]1CCCC[C@@H]1NS(=O)(=O)c1cnn(C)c1. The average Bonchev–Trinajstić information content (AvgIpc) is 2.69. The maximum atomic E-state index is 12.1. The molecule has 2 atom stereocenters. The Bertz CT molecular complexity index is 481. The molecule has 1 saturated carbocycles. The van der Waals surface area contributed by atoms with E-state index in [-0.39, 0.29) is 10.9 Å². The Labute approximate surface area is 102 Å². The van der Waals surface area contributed by atoms with E-state index in [9.17, 15) is 8.42 Å². The van der Waals surface area contributed by atoms with Crippen LogP contribution in [0.1, 0.15) is 32.6 Å². The Kier molecular flexibility index (Phi) is 3.53. The first kappa shape index (κ1) is 12.6. The molecule has 17 heavy (non-hydrogen) atoms. The molecule has 1 heterocycles. The molecule has 0 bridgehead atoms. The van der Waals surface area contributed by atoms with Gasteiger partial charge in [0.2, 0.25) is 10.0 Å². The lowest BCUT2D eigenvalue weighted by Gasteiger charge is -2.28. The minimum atomic E-state index is -3.41. The number of sulfonamides is 1. The highest BCUT2D eigenvalue weighted by molar-refractivity contribution is 7.89. The molecule has 0 saturated heterocycles. The molecule has 5 nitrogen and oxygen atoms in total. The molecule has 0 aromatic carbocycles. The van der Waals surface area contributed by atoms with Crippen molar-refractivity contribution in [1.82, 2.24) is 14.5 Å². The Morgan fingerprint density at radius 3 is 2.71 bits per heavy atom. The van der Waals surface area contributed by atoms with E-state index in [1.807, 2.05) is 0 Å². The molecule has 96 valence electrons.